The quantitative estimate of drug-likeness (QED) is 0.590. The molecule has 0 aliphatic carbocycles. The van der Waals surface area contributed by atoms with Crippen molar-refractivity contribution in [2.75, 3.05) is 17.2 Å². The molecule has 1 aromatic heterocycles. The zero-order valence-electron chi connectivity index (χ0n) is 15.0. The molecule has 3 aromatic rings. The second-order valence-corrected chi connectivity index (χ2v) is 6.32. The van der Waals surface area contributed by atoms with Gasteiger partial charge < -0.3 is 15.4 Å². The van der Waals surface area contributed by atoms with Gasteiger partial charge in [0.15, 0.2) is 0 Å². The molecule has 2 aromatic carbocycles. The molecule has 0 amide bonds. The number of aryl methyl sites for hydroxylation is 2. The summed E-state index contributed by atoms with van der Waals surface area (Å²) in [5.74, 6) is 2.06. The summed E-state index contributed by atoms with van der Waals surface area (Å²) in [5.41, 5.74) is 3.76. The van der Waals surface area contributed by atoms with Crippen molar-refractivity contribution in [1.82, 2.24) is 9.97 Å². The summed E-state index contributed by atoms with van der Waals surface area (Å²) in [6.45, 7) is 6.56. The summed E-state index contributed by atoms with van der Waals surface area (Å²) in [6, 6.07) is 15.3. The number of aromatic nitrogens is 2. The summed E-state index contributed by atoms with van der Waals surface area (Å²) < 4.78 is 5.46. The molecule has 0 atom stereocenters. The SMILES string of the molecule is CCOc1ccc(Nc2nc(C)cc(Nc3cc(Cl)ccc3C)n2)cc1. The lowest BCUT2D eigenvalue weighted by atomic mass is 10.2. The Morgan fingerprint density at radius 1 is 0.962 bits per heavy atom. The Kier molecular flexibility index (Phi) is 5.58. The fraction of sp³-hybridized carbons (Fsp3) is 0.200. The Balaban J connectivity index is 1.80. The molecule has 0 bridgehead atoms. The van der Waals surface area contributed by atoms with Crippen molar-refractivity contribution in [3.63, 3.8) is 0 Å². The lowest BCUT2D eigenvalue weighted by Crippen LogP contribution is -2.03. The fourth-order valence-electron chi connectivity index (χ4n) is 2.49. The van der Waals surface area contributed by atoms with Crippen LogP contribution in [0, 0.1) is 13.8 Å². The minimum absolute atomic E-state index is 0.524. The van der Waals surface area contributed by atoms with Crippen molar-refractivity contribution < 1.29 is 4.74 Å². The van der Waals surface area contributed by atoms with Crippen molar-refractivity contribution >= 4 is 34.7 Å². The molecule has 0 aliphatic rings. The molecule has 0 saturated heterocycles. The maximum Gasteiger partial charge on any atom is 0.229 e. The minimum atomic E-state index is 0.524. The van der Waals surface area contributed by atoms with E-state index in [0.29, 0.717) is 23.4 Å². The van der Waals surface area contributed by atoms with Gasteiger partial charge in [0.1, 0.15) is 11.6 Å². The standard InChI is InChI=1S/C20H21ClN4O/c1-4-26-17-9-7-16(8-10-17)23-20-22-14(3)11-19(25-20)24-18-12-15(21)6-5-13(18)2/h5-12H,4H2,1-3H3,(H2,22,23,24,25). The third-order valence-electron chi connectivity index (χ3n) is 3.74. The zero-order valence-corrected chi connectivity index (χ0v) is 15.8. The van der Waals surface area contributed by atoms with E-state index < -0.39 is 0 Å². The van der Waals surface area contributed by atoms with Gasteiger partial charge in [-0.3, -0.25) is 0 Å². The summed E-state index contributed by atoms with van der Waals surface area (Å²) >= 11 is 6.09. The van der Waals surface area contributed by atoms with Crippen LogP contribution in [0.2, 0.25) is 5.02 Å². The molecule has 0 spiro atoms. The van der Waals surface area contributed by atoms with Gasteiger partial charge >= 0.3 is 0 Å². The van der Waals surface area contributed by atoms with Gasteiger partial charge in [-0.25, -0.2) is 4.98 Å². The molecular weight excluding hydrogens is 348 g/mol. The van der Waals surface area contributed by atoms with Crippen molar-refractivity contribution in [1.29, 1.82) is 0 Å². The Morgan fingerprint density at radius 3 is 2.46 bits per heavy atom. The van der Waals surface area contributed by atoms with Crippen LogP contribution in [0.3, 0.4) is 0 Å². The first-order valence-electron chi connectivity index (χ1n) is 8.42. The van der Waals surface area contributed by atoms with E-state index in [-0.39, 0.29) is 0 Å². The predicted octanol–water partition coefficient (Wildman–Crippen LogP) is 5.63. The van der Waals surface area contributed by atoms with Crippen LogP contribution in [0.1, 0.15) is 18.2 Å². The molecule has 134 valence electrons. The predicted molar refractivity (Wildman–Crippen MR) is 107 cm³/mol. The van der Waals surface area contributed by atoms with E-state index >= 15 is 0 Å². The molecule has 6 heteroatoms. The molecule has 2 N–H and O–H groups in total. The maximum atomic E-state index is 6.09. The summed E-state index contributed by atoms with van der Waals surface area (Å²) in [7, 11) is 0. The van der Waals surface area contributed by atoms with Crippen LogP contribution in [0.4, 0.5) is 23.1 Å². The monoisotopic (exact) mass is 368 g/mol. The van der Waals surface area contributed by atoms with Crippen molar-refractivity contribution in [3.05, 3.63) is 64.8 Å². The number of hydrogen-bond acceptors (Lipinski definition) is 5. The lowest BCUT2D eigenvalue weighted by molar-refractivity contribution is 0.340. The van der Waals surface area contributed by atoms with Crippen LogP contribution < -0.4 is 15.4 Å². The fourth-order valence-corrected chi connectivity index (χ4v) is 2.66. The molecule has 0 fully saturated rings. The number of benzene rings is 2. The lowest BCUT2D eigenvalue weighted by Gasteiger charge is -2.12. The summed E-state index contributed by atoms with van der Waals surface area (Å²) in [6.07, 6.45) is 0. The van der Waals surface area contributed by atoms with E-state index in [1.54, 1.807) is 0 Å². The molecule has 0 saturated carbocycles. The van der Waals surface area contributed by atoms with Gasteiger partial charge in [0.2, 0.25) is 5.95 Å². The number of rotatable bonds is 6. The molecule has 1 heterocycles. The summed E-state index contributed by atoms with van der Waals surface area (Å²) in [4.78, 5) is 9.00. The molecule has 0 unspecified atom stereocenters. The first-order valence-corrected chi connectivity index (χ1v) is 8.80. The molecule has 3 rings (SSSR count). The van der Waals surface area contributed by atoms with Crippen LogP contribution >= 0.6 is 11.6 Å². The van der Waals surface area contributed by atoms with E-state index in [1.165, 1.54) is 0 Å². The number of nitrogens with one attached hydrogen (secondary N) is 2. The van der Waals surface area contributed by atoms with E-state index in [4.69, 9.17) is 16.3 Å². The van der Waals surface area contributed by atoms with Crippen molar-refractivity contribution in [2.45, 2.75) is 20.8 Å². The van der Waals surface area contributed by atoms with Crippen molar-refractivity contribution in [3.8, 4) is 5.75 Å². The van der Waals surface area contributed by atoms with Gasteiger partial charge in [-0.2, -0.15) is 4.98 Å². The molecule has 0 aliphatic heterocycles. The Bertz CT molecular complexity index is 897. The number of halogens is 1. The first-order chi connectivity index (χ1) is 12.5. The summed E-state index contributed by atoms with van der Waals surface area (Å²) in [5, 5.41) is 7.21. The smallest absolute Gasteiger partial charge is 0.229 e. The highest BCUT2D eigenvalue weighted by molar-refractivity contribution is 6.30. The van der Waals surface area contributed by atoms with Crippen LogP contribution in [-0.4, -0.2) is 16.6 Å². The van der Waals surface area contributed by atoms with Gasteiger partial charge in [0.05, 0.1) is 6.61 Å². The Morgan fingerprint density at radius 2 is 1.73 bits per heavy atom. The first kappa shape index (κ1) is 18.0. The van der Waals surface area contributed by atoms with Gasteiger partial charge in [-0.1, -0.05) is 17.7 Å². The molecule has 0 radical (unpaired) electrons. The average Bonchev–Trinajstić information content (AvgIpc) is 2.60. The van der Waals surface area contributed by atoms with Gasteiger partial charge in [0, 0.05) is 28.2 Å². The van der Waals surface area contributed by atoms with Crippen LogP contribution in [0.25, 0.3) is 0 Å². The molecule has 26 heavy (non-hydrogen) atoms. The van der Waals surface area contributed by atoms with Gasteiger partial charge in [-0.05, 0) is 62.7 Å². The highest BCUT2D eigenvalue weighted by atomic mass is 35.5. The maximum absolute atomic E-state index is 6.09. The average molecular weight is 369 g/mol. The molecule has 5 nitrogen and oxygen atoms in total. The topological polar surface area (TPSA) is 59.1 Å². The van der Waals surface area contributed by atoms with E-state index in [9.17, 15) is 0 Å². The number of nitrogens with zero attached hydrogens (tertiary/aromatic N) is 2. The number of anilines is 4. The minimum Gasteiger partial charge on any atom is -0.494 e. The third kappa shape index (κ3) is 4.64. The highest BCUT2D eigenvalue weighted by Crippen LogP contribution is 2.25. The Labute approximate surface area is 158 Å². The largest absolute Gasteiger partial charge is 0.494 e. The second kappa shape index (κ2) is 8.06. The zero-order chi connectivity index (χ0) is 18.5. The van der Waals surface area contributed by atoms with Crippen LogP contribution in [-0.2, 0) is 0 Å². The van der Waals surface area contributed by atoms with Crippen molar-refractivity contribution in [2.24, 2.45) is 0 Å². The van der Waals surface area contributed by atoms with E-state index in [0.717, 1.165) is 28.4 Å². The number of ether oxygens (including phenoxy) is 1. The molecular formula is C20H21ClN4O. The third-order valence-corrected chi connectivity index (χ3v) is 3.97. The van der Waals surface area contributed by atoms with E-state index in [1.807, 2.05) is 69.3 Å². The second-order valence-electron chi connectivity index (χ2n) is 5.88. The van der Waals surface area contributed by atoms with Gasteiger partial charge in [0.25, 0.3) is 0 Å². The Hall–Kier alpha value is -2.79. The van der Waals surface area contributed by atoms with Gasteiger partial charge in [-0.15, -0.1) is 0 Å². The normalized spacial score (nSPS) is 10.5. The number of hydrogen-bond donors (Lipinski definition) is 2. The van der Waals surface area contributed by atoms with E-state index in [2.05, 4.69) is 20.6 Å². The highest BCUT2D eigenvalue weighted by Gasteiger charge is 2.06. The van der Waals surface area contributed by atoms with Crippen LogP contribution in [0.5, 0.6) is 5.75 Å². The van der Waals surface area contributed by atoms with Crippen LogP contribution in [0.15, 0.2) is 48.5 Å².